The molecule has 6 heteroatoms. The molecular weight excluding hydrogens is 304 g/mol. The molecule has 1 aromatic carbocycles. The Kier molecular flexibility index (Phi) is 6.54. The number of carbonyl (C=O) groups excluding carboxylic acids is 1. The lowest BCUT2D eigenvalue weighted by Crippen LogP contribution is -2.26. The fourth-order valence-corrected chi connectivity index (χ4v) is 2.28. The van der Waals surface area contributed by atoms with Crippen molar-refractivity contribution in [3.8, 4) is 5.75 Å². The Balaban J connectivity index is 2.12. The van der Waals surface area contributed by atoms with Crippen molar-refractivity contribution in [2.45, 2.75) is 33.1 Å². The number of rotatable bonds is 8. The van der Waals surface area contributed by atoms with E-state index in [9.17, 15) is 4.79 Å². The van der Waals surface area contributed by atoms with Crippen LogP contribution in [0.15, 0.2) is 30.3 Å². The summed E-state index contributed by atoms with van der Waals surface area (Å²) in [5.74, 6) is 0.881. The van der Waals surface area contributed by atoms with E-state index in [1.165, 1.54) is 0 Å². The third-order valence-corrected chi connectivity index (χ3v) is 3.51. The van der Waals surface area contributed by atoms with Crippen LogP contribution in [0.2, 0.25) is 0 Å². The Morgan fingerprint density at radius 3 is 2.75 bits per heavy atom. The first kappa shape index (κ1) is 17.7. The Morgan fingerprint density at radius 2 is 2.00 bits per heavy atom. The molecule has 128 valence electrons. The largest absolute Gasteiger partial charge is 0.495 e. The van der Waals surface area contributed by atoms with Crippen molar-refractivity contribution >= 4 is 17.5 Å². The van der Waals surface area contributed by atoms with Gasteiger partial charge in [0.25, 0.3) is 5.91 Å². The monoisotopic (exact) mass is 328 g/mol. The van der Waals surface area contributed by atoms with E-state index in [-0.39, 0.29) is 5.91 Å². The van der Waals surface area contributed by atoms with Crippen molar-refractivity contribution in [3.05, 3.63) is 41.7 Å². The third-order valence-electron chi connectivity index (χ3n) is 3.51. The van der Waals surface area contributed by atoms with Gasteiger partial charge in [-0.25, -0.2) is 9.97 Å². The van der Waals surface area contributed by atoms with Crippen molar-refractivity contribution in [3.63, 3.8) is 0 Å². The van der Waals surface area contributed by atoms with E-state index >= 15 is 0 Å². The van der Waals surface area contributed by atoms with Gasteiger partial charge in [-0.05, 0) is 31.5 Å². The van der Waals surface area contributed by atoms with E-state index in [1.807, 2.05) is 31.2 Å². The molecule has 0 unspecified atom stereocenters. The van der Waals surface area contributed by atoms with Gasteiger partial charge in [0.15, 0.2) is 0 Å². The number of methoxy groups -OCH3 is 1. The Bertz CT molecular complexity index is 688. The summed E-state index contributed by atoms with van der Waals surface area (Å²) in [4.78, 5) is 20.9. The first-order chi connectivity index (χ1) is 11.6. The van der Waals surface area contributed by atoms with Crippen molar-refractivity contribution in [1.82, 2.24) is 15.3 Å². The van der Waals surface area contributed by atoms with Gasteiger partial charge < -0.3 is 15.4 Å². The molecule has 6 nitrogen and oxygen atoms in total. The number of ether oxygens (including phenoxy) is 1. The molecule has 1 amide bonds. The molecule has 0 bridgehead atoms. The van der Waals surface area contributed by atoms with E-state index in [0.717, 1.165) is 30.6 Å². The van der Waals surface area contributed by atoms with E-state index < -0.39 is 0 Å². The molecule has 0 aliphatic carbocycles. The summed E-state index contributed by atoms with van der Waals surface area (Å²) in [6.07, 6.45) is 3.19. The normalized spacial score (nSPS) is 10.3. The lowest BCUT2D eigenvalue weighted by atomic mass is 10.2. The molecule has 2 rings (SSSR count). The van der Waals surface area contributed by atoms with Gasteiger partial charge in [-0.3, -0.25) is 4.79 Å². The van der Waals surface area contributed by atoms with E-state index in [4.69, 9.17) is 4.74 Å². The Morgan fingerprint density at radius 1 is 1.21 bits per heavy atom. The van der Waals surface area contributed by atoms with E-state index in [2.05, 4.69) is 27.5 Å². The van der Waals surface area contributed by atoms with Gasteiger partial charge in [0.05, 0.1) is 12.8 Å². The quantitative estimate of drug-likeness (QED) is 0.726. The summed E-state index contributed by atoms with van der Waals surface area (Å²) >= 11 is 0. The number of aryl methyl sites for hydroxylation is 1. The molecule has 0 atom stereocenters. The Hall–Kier alpha value is -2.63. The first-order valence-electron chi connectivity index (χ1n) is 8.18. The van der Waals surface area contributed by atoms with Crippen molar-refractivity contribution in [2.24, 2.45) is 0 Å². The smallest absolute Gasteiger partial charge is 0.270 e. The average Bonchev–Trinajstić information content (AvgIpc) is 2.58. The number of nitrogens with zero attached hydrogens (tertiary/aromatic N) is 2. The predicted octanol–water partition coefficient (Wildman–Crippen LogP) is 3.46. The minimum Gasteiger partial charge on any atom is -0.495 e. The fourth-order valence-electron chi connectivity index (χ4n) is 2.28. The standard InChI is InChI=1S/C18H24N4O2/c1-4-5-8-11-19-17(23)15-12-13(2)20-18(22-15)21-14-9-6-7-10-16(14)24-3/h6-7,9-10,12H,4-5,8,11H2,1-3H3,(H,19,23)(H,20,21,22). The van der Waals surface area contributed by atoms with Crippen molar-refractivity contribution in [1.29, 1.82) is 0 Å². The number of amides is 1. The minimum atomic E-state index is -0.181. The number of aromatic nitrogens is 2. The molecule has 0 saturated heterocycles. The lowest BCUT2D eigenvalue weighted by Gasteiger charge is -2.11. The number of anilines is 2. The van der Waals surface area contributed by atoms with Crippen LogP contribution in [0.1, 0.15) is 42.4 Å². The van der Waals surface area contributed by atoms with Crippen LogP contribution in [0.4, 0.5) is 11.6 Å². The minimum absolute atomic E-state index is 0.181. The number of para-hydroxylation sites is 2. The lowest BCUT2D eigenvalue weighted by molar-refractivity contribution is 0.0948. The molecule has 0 aliphatic rings. The highest BCUT2D eigenvalue weighted by Crippen LogP contribution is 2.25. The van der Waals surface area contributed by atoms with Gasteiger partial charge in [0.1, 0.15) is 11.4 Å². The molecule has 1 heterocycles. The van der Waals surface area contributed by atoms with E-state index in [0.29, 0.717) is 23.9 Å². The summed E-state index contributed by atoms with van der Waals surface area (Å²) in [6.45, 7) is 4.62. The number of hydrogen-bond acceptors (Lipinski definition) is 5. The van der Waals surface area contributed by atoms with Crippen LogP contribution in [0.3, 0.4) is 0 Å². The maximum absolute atomic E-state index is 12.2. The maximum Gasteiger partial charge on any atom is 0.270 e. The van der Waals surface area contributed by atoms with Crippen LogP contribution < -0.4 is 15.4 Å². The zero-order valence-electron chi connectivity index (χ0n) is 14.4. The number of benzene rings is 1. The zero-order valence-corrected chi connectivity index (χ0v) is 14.4. The second kappa shape index (κ2) is 8.86. The molecule has 0 radical (unpaired) electrons. The molecule has 0 fully saturated rings. The summed E-state index contributed by atoms with van der Waals surface area (Å²) in [7, 11) is 1.60. The topological polar surface area (TPSA) is 76.1 Å². The molecule has 2 N–H and O–H groups in total. The van der Waals surface area contributed by atoms with Gasteiger partial charge in [0.2, 0.25) is 5.95 Å². The van der Waals surface area contributed by atoms with Gasteiger partial charge in [-0.1, -0.05) is 31.9 Å². The Labute approximate surface area is 142 Å². The van der Waals surface area contributed by atoms with Crippen molar-refractivity contribution in [2.75, 3.05) is 19.0 Å². The first-order valence-corrected chi connectivity index (χ1v) is 8.18. The zero-order chi connectivity index (χ0) is 17.4. The van der Waals surface area contributed by atoms with Crippen LogP contribution in [0, 0.1) is 6.92 Å². The molecular formula is C18H24N4O2. The summed E-state index contributed by atoms with van der Waals surface area (Å²) < 4.78 is 5.30. The molecule has 24 heavy (non-hydrogen) atoms. The van der Waals surface area contributed by atoms with Crippen LogP contribution in [0.25, 0.3) is 0 Å². The predicted molar refractivity (Wildman–Crippen MR) is 94.9 cm³/mol. The third kappa shape index (κ3) is 4.94. The van der Waals surface area contributed by atoms with Gasteiger partial charge in [0, 0.05) is 12.2 Å². The number of unbranched alkanes of at least 4 members (excludes halogenated alkanes) is 2. The number of carbonyl (C=O) groups is 1. The fraction of sp³-hybridized carbons (Fsp3) is 0.389. The SMILES string of the molecule is CCCCCNC(=O)c1cc(C)nc(Nc2ccccc2OC)n1. The van der Waals surface area contributed by atoms with E-state index in [1.54, 1.807) is 13.2 Å². The average molecular weight is 328 g/mol. The second-order valence-electron chi connectivity index (χ2n) is 5.51. The van der Waals surface area contributed by atoms with Gasteiger partial charge in [-0.15, -0.1) is 0 Å². The number of hydrogen-bond donors (Lipinski definition) is 2. The van der Waals surface area contributed by atoms with Crippen LogP contribution in [-0.2, 0) is 0 Å². The summed E-state index contributed by atoms with van der Waals surface area (Å²) in [6, 6.07) is 9.18. The molecule has 2 aromatic rings. The van der Waals surface area contributed by atoms with Crippen LogP contribution in [0.5, 0.6) is 5.75 Å². The van der Waals surface area contributed by atoms with Crippen LogP contribution >= 0.6 is 0 Å². The van der Waals surface area contributed by atoms with Gasteiger partial charge >= 0.3 is 0 Å². The maximum atomic E-state index is 12.2. The van der Waals surface area contributed by atoms with Crippen LogP contribution in [-0.4, -0.2) is 29.5 Å². The number of nitrogens with one attached hydrogen (secondary N) is 2. The highest BCUT2D eigenvalue weighted by Gasteiger charge is 2.11. The second-order valence-corrected chi connectivity index (χ2v) is 5.51. The van der Waals surface area contributed by atoms with Crippen molar-refractivity contribution < 1.29 is 9.53 Å². The highest BCUT2D eigenvalue weighted by atomic mass is 16.5. The highest BCUT2D eigenvalue weighted by molar-refractivity contribution is 5.92. The van der Waals surface area contributed by atoms with Gasteiger partial charge in [-0.2, -0.15) is 0 Å². The molecule has 0 aliphatic heterocycles. The molecule has 0 saturated carbocycles. The molecule has 1 aromatic heterocycles. The summed E-state index contributed by atoms with van der Waals surface area (Å²) in [5.41, 5.74) is 1.83. The summed E-state index contributed by atoms with van der Waals surface area (Å²) in [5, 5.41) is 6.00. The molecule has 0 spiro atoms.